The average Bonchev–Trinajstić information content (AvgIpc) is 2.44. The lowest BCUT2D eigenvalue weighted by Crippen LogP contribution is -2.18. The maximum absolute atomic E-state index is 12.6. The number of nitro groups is 1. The van der Waals surface area contributed by atoms with E-state index in [0.717, 1.165) is 0 Å². The third kappa shape index (κ3) is 3.49. The van der Waals surface area contributed by atoms with Crippen LogP contribution < -0.4 is 5.56 Å². The molecule has 0 fully saturated rings. The predicted molar refractivity (Wildman–Crippen MR) is 64.7 cm³/mol. The van der Waals surface area contributed by atoms with Gasteiger partial charge in [-0.15, -0.1) is 0 Å². The van der Waals surface area contributed by atoms with E-state index >= 15 is 0 Å². The van der Waals surface area contributed by atoms with Gasteiger partial charge >= 0.3 is 12.4 Å². The zero-order chi connectivity index (χ0) is 18.3. The van der Waals surface area contributed by atoms with Crippen molar-refractivity contribution >= 4 is 5.69 Å². The number of H-pyrrole nitrogens is 1. The summed E-state index contributed by atoms with van der Waals surface area (Å²) in [5.74, 6) is -0.977. The highest BCUT2D eigenvalue weighted by atomic mass is 19.4. The van der Waals surface area contributed by atoms with E-state index in [-0.39, 0.29) is 18.3 Å². The van der Waals surface area contributed by atoms with Gasteiger partial charge in [0.05, 0.1) is 10.5 Å². The Balaban J connectivity index is 2.71. The molecule has 2 aromatic heterocycles. The highest BCUT2D eigenvalue weighted by Crippen LogP contribution is 2.35. The first kappa shape index (κ1) is 17.4. The Hall–Kier alpha value is -2.99. The van der Waals surface area contributed by atoms with Crippen LogP contribution in [0, 0.1) is 10.1 Å². The first-order chi connectivity index (χ1) is 10.9. The van der Waals surface area contributed by atoms with Gasteiger partial charge in [0.1, 0.15) is 0 Å². The fourth-order valence-corrected chi connectivity index (χ4v) is 1.64. The average molecular weight is 354 g/mol. The van der Waals surface area contributed by atoms with Gasteiger partial charge in [0, 0.05) is 18.3 Å². The molecule has 2 aromatic rings. The van der Waals surface area contributed by atoms with Crippen molar-refractivity contribution < 1.29 is 31.3 Å². The van der Waals surface area contributed by atoms with E-state index in [1.54, 1.807) is 4.98 Å². The Kier molecular flexibility index (Phi) is 4.03. The van der Waals surface area contributed by atoms with Crippen molar-refractivity contribution in [3.63, 3.8) is 0 Å². The summed E-state index contributed by atoms with van der Waals surface area (Å²) < 4.78 is 75.6. The first-order valence-electron chi connectivity index (χ1n) is 5.80. The molecule has 0 aromatic carbocycles. The quantitative estimate of drug-likeness (QED) is 0.508. The smallest absolute Gasteiger partial charge is 0.305 e. The van der Waals surface area contributed by atoms with E-state index in [4.69, 9.17) is 0 Å². The Bertz CT molecular complexity index is 858. The molecule has 0 aliphatic heterocycles. The standard InChI is InChI=1S/C11H4F6N4O3/c12-10(13,14)4-1-5(21(23)24)8(18-3-4)9-19-6(11(15,16)17)2-7(22)20-9/h1-3H,(H,19,20,22). The third-order valence-corrected chi connectivity index (χ3v) is 2.65. The lowest BCUT2D eigenvalue weighted by molar-refractivity contribution is -0.384. The number of pyridine rings is 1. The monoisotopic (exact) mass is 354 g/mol. The molecule has 128 valence electrons. The molecule has 0 bridgehead atoms. The summed E-state index contributed by atoms with van der Waals surface area (Å²) in [6.45, 7) is 0. The number of hydrogen-bond donors (Lipinski definition) is 1. The third-order valence-electron chi connectivity index (χ3n) is 2.65. The van der Waals surface area contributed by atoms with Crippen molar-refractivity contribution in [1.82, 2.24) is 15.0 Å². The maximum atomic E-state index is 12.6. The number of alkyl halides is 6. The molecule has 0 saturated carbocycles. The first-order valence-corrected chi connectivity index (χ1v) is 5.80. The van der Waals surface area contributed by atoms with Crippen LogP contribution in [0.25, 0.3) is 11.5 Å². The second-order valence-corrected chi connectivity index (χ2v) is 4.32. The highest BCUT2D eigenvalue weighted by Gasteiger charge is 2.36. The summed E-state index contributed by atoms with van der Waals surface area (Å²) in [7, 11) is 0. The van der Waals surface area contributed by atoms with Gasteiger partial charge in [-0.3, -0.25) is 14.9 Å². The summed E-state index contributed by atoms with van der Waals surface area (Å²) in [6, 6.07) is 0.183. The number of nitrogens with zero attached hydrogens (tertiary/aromatic N) is 3. The zero-order valence-corrected chi connectivity index (χ0v) is 11.1. The Morgan fingerprint density at radius 3 is 2.21 bits per heavy atom. The van der Waals surface area contributed by atoms with E-state index in [1.807, 2.05) is 0 Å². The number of rotatable bonds is 2. The Morgan fingerprint density at radius 1 is 1.08 bits per heavy atom. The molecule has 0 unspecified atom stereocenters. The van der Waals surface area contributed by atoms with E-state index in [9.17, 15) is 41.3 Å². The highest BCUT2D eigenvalue weighted by molar-refractivity contribution is 5.63. The van der Waals surface area contributed by atoms with Crippen LogP contribution in [-0.4, -0.2) is 19.9 Å². The van der Waals surface area contributed by atoms with Gasteiger partial charge in [-0.05, 0) is 0 Å². The van der Waals surface area contributed by atoms with Gasteiger partial charge in [-0.2, -0.15) is 26.3 Å². The summed E-state index contributed by atoms with van der Waals surface area (Å²) >= 11 is 0. The van der Waals surface area contributed by atoms with Crippen molar-refractivity contribution in [2.24, 2.45) is 0 Å². The fraction of sp³-hybridized carbons (Fsp3) is 0.182. The second-order valence-electron chi connectivity index (χ2n) is 4.32. The van der Waals surface area contributed by atoms with Crippen LogP contribution in [0.4, 0.5) is 32.0 Å². The molecule has 0 spiro atoms. The van der Waals surface area contributed by atoms with E-state index in [1.165, 1.54) is 0 Å². The molecule has 24 heavy (non-hydrogen) atoms. The number of halogens is 6. The minimum absolute atomic E-state index is 0.0859. The normalized spacial score (nSPS) is 12.2. The molecule has 0 aliphatic carbocycles. The second kappa shape index (κ2) is 5.58. The van der Waals surface area contributed by atoms with Crippen LogP contribution in [0.15, 0.2) is 23.1 Å². The molecule has 2 heterocycles. The predicted octanol–water partition coefficient (Wildman–Crippen LogP) is 2.78. The van der Waals surface area contributed by atoms with Crippen LogP contribution in [0.3, 0.4) is 0 Å². The van der Waals surface area contributed by atoms with Crippen LogP contribution in [0.2, 0.25) is 0 Å². The van der Waals surface area contributed by atoms with Gasteiger partial charge in [-0.25, -0.2) is 9.97 Å². The van der Waals surface area contributed by atoms with Crippen LogP contribution in [-0.2, 0) is 12.4 Å². The van der Waals surface area contributed by atoms with Crippen molar-refractivity contribution in [1.29, 1.82) is 0 Å². The molecule has 0 radical (unpaired) electrons. The minimum atomic E-state index is -5.04. The molecule has 0 atom stereocenters. The fourth-order valence-electron chi connectivity index (χ4n) is 1.64. The largest absolute Gasteiger partial charge is 0.433 e. The van der Waals surface area contributed by atoms with Gasteiger partial charge < -0.3 is 4.98 Å². The molecule has 0 amide bonds. The van der Waals surface area contributed by atoms with Crippen molar-refractivity contribution in [3.8, 4) is 11.5 Å². The lowest BCUT2D eigenvalue weighted by Gasteiger charge is -2.09. The van der Waals surface area contributed by atoms with E-state index < -0.39 is 51.3 Å². The number of nitrogens with one attached hydrogen (secondary N) is 1. The van der Waals surface area contributed by atoms with Crippen LogP contribution >= 0.6 is 0 Å². The maximum Gasteiger partial charge on any atom is 0.433 e. The molecule has 13 heteroatoms. The minimum Gasteiger partial charge on any atom is -0.305 e. The van der Waals surface area contributed by atoms with Gasteiger partial charge in [0.15, 0.2) is 17.2 Å². The van der Waals surface area contributed by atoms with Crippen molar-refractivity contribution in [2.45, 2.75) is 12.4 Å². The van der Waals surface area contributed by atoms with Gasteiger partial charge in [0.2, 0.25) is 0 Å². The van der Waals surface area contributed by atoms with Gasteiger partial charge in [0.25, 0.3) is 11.2 Å². The molecular formula is C11H4F6N4O3. The zero-order valence-electron chi connectivity index (χ0n) is 11.1. The number of aromatic amines is 1. The van der Waals surface area contributed by atoms with Crippen LogP contribution in [0.5, 0.6) is 0 Å². The molecule has 0 aliphatic rings. The topological polar surface area (TPSA) is 102 Å². The van der Waals surface area contributed by atoms with Gasteiger partial charge in [-0.1, -0.05) is 0 Å². The summed E-state index contributed by atoms with van der Waals surface area (Å²) in [4.78, 5) is 28.8. The van der Waals surface area contributed by atoms with E-state index in [0.29, 0.717) is 0 Å². The van der Waals surface area contributed by atoms with Crippen molar-refractivity contribution in [2.75, 3.05) is 0 Å². The molecule has 1 N–H and O–H groups in total. The lowest BCUT2D eigenvalue weighted by atomic mass is 10.2. The molecular weight excluding hydrogens is 350 g/mol. The summed E-state index contributed by atoms with van der Waals surface area (Å²) in [5.41, 5.74) is -6.64. The Labute approximate surface area is 127 Å². The molecule has 0 saturated heterocycles. The summed E-state index contributed by atoms with van der Waals surface area (Å²) in [5, 5.41) is 10.9. The van der Waals surface area contributed by atoms with Crippen molar-refractivity contribution in [3.05, 3.63) is 50.1 Å². The Morgan fingerprint density at radius 2 is 1.71 bits per heavy atom. The number of aromatic nitrogens is 3. The van der Waals surface area contributed by atoms with E-state index in [2.05, 4.69) is 9.97 Å². The molecule has 2 rings (SSSR count). The number of hydrogen-bond acceptors (Lipinski definition) is 5. The SMILES string of the molecule is O=c1cc(C(F)(F)F)nc(-c2ncc(C(F)(F)F)cc2[N+](=O)[O-])[nH]1. The summed E-state index contributed by atoms with van der Waals surface area (Å²) in [6.07, 6.45) is -9.81. The molecule has 7 nitrogen and oxygen atoms in total. The van der Waals surface area contributed by atoms with Crippen LogP contribution in [0.1, 0.15) is 11.3 Å².